The lowest BCUT2D eigenvalue weighted by Crippen LogP contribution is -2.49. The normalized spacial score (nSPS) is 18.0. The minimum atomic E-state index is -3.95. The second-order valence-corrected chi connectivity index (χ2v) is 10.5. The van der Waals surface area contributed by atoms with Crippen LogP contribution < -0.4 is 4.74 Å². The summed E-state index contributed by atoms with van der Waals surface area (Å²) in [4.78, 5) is 29.3. The van der Waals surface area contributed by atoms with Gasteiger partial charge in [0, 0.05) is 44.3 Å². The van der Waals surface area contributed by atoms with Gasteiger partial charge in [-0.3, -0.25) is 14.5 Å². The Morgan fingerprint density at radius 3 is 2.45 bits per heavy atom. The van der Waals surface area contributed by atoms with Crippen LogP contribution >= 0.6 is 11.6 Å². The number of halogens is 1. The molecule has 33 heavy (non-hydrogen) atoms. The molecule has 2 amide bonds. The molecule has 2 heterocycles. The van der Waals surface area contributed by atoms with E-state index in [1.807, 2.05) is 18.2 Å². The zero-order valence-electron chi connectivity index (χ0n) is 18.5. The highest BCUT2D eigenvalue weighted by atomic mass is 35.5. The van der Waals surface area contributed by atoms with Crippen LogP contribution in [-0.2, 0) is 10.0 Å². The van der Waals surface area contributed by atoms with E-state index in [0.717, 1.165) is 4.31 Å². The predicted molar refractivity (Wildman–Crippen MR) is 124 cm³/mol. The molecule has 0 radical (unpaired) electrons. The van der Waals surface area contributed by atoms with Crippen molar-refractivity contribution in [3.8, 4) is 5.75 Å². The van der Waals surface area contributed by atoms with Gasteiger partial charge in [-0.2, -0.15) is 0 Å². The average molecular weight is 492 g/mol. The number of nitrogens with zero attached hydrogens (tertiary/aromatic N) is 3. The van der Waals surface area contributed by atoms with Crippen LogP contribution in [0.2, 0.25) is 5.02 Å². The van der Waals surface area contributed by atoms with Crippen molar-refractivity contribution in [2.45, 2.75) is 24.8 Å². The third kappa shape index (κ3) is 4.58. The van der Waals surface area contributed by atoms with Gasteiger partial charge in [0.05, 0.1) is 10.6 Å². The number of benzene rings is 2. The Kier molecular flexibility index (Phi) is 6.65. The van der Waals surface area contributed by atoms with Gasteiger partial charge in [0.1, 0.15) is 17.3 Å². The van der Waals surface area contributed by atoms with Crippen LogP contribution in [0.25, 0.3) is 0 Å². The first-order chi connectivity index (χ1) is 15.7. The van der Waals surface area contributed by atoms with Gasteiger partial charge in [-0.1, -0.05) is 23.7 Å². The molecule has 1 fully saturated rings. The number of carbonyl (C=O) groups excluding carboxylic acids is 2. The molecule has 2 aliphatic heterocycles. The van der Waals surface area contributed by atoms with Crippen LogP contribution in [0.3, 0.4) is 0 Å². The Labute approximate surface area is 198 Å². The largest absolute Gasteiger partial charge is 0.491 e. The van der Waals surface area contributed by atoms with Crippen molar-refractivity contribution >= 4 is 33.4 Å². The van der Waals surface area contributed by atoms with Crippen molar-refractivity contribution in [1.29, 1.82) is 0 Å². The fraction of sp³-hybridized carbons (Fsp3) is 0.391. The minimum absolute atomic E-state index is 0.0950. The number of carbonyl (C=O) groups is 2. The lowest BCUT2D eigenvalue weighted by molar-refractivity contribution is 0.0619. The first-order valence-corrected chi connectivity index (χ1v) is 12.6. The van der Waals surface area contributed by atoms with Crippen LogP contribution in [0.5, 0.6) is 5.75 Å². The first-order valence-electron chi connectivity index (χ1n) is 10.8. The SMILES string of the molecule is CC(C)N1C(=O)c2ccc(C(=O)N3CCN(CCOc4ccccc4Cl)CC3)cc2S1(=O)=O. The van der Waals surface area contributed by atoms with Gasteiger partial charge in [0.25, 0.3) is 21.8 Å². The number of hydrogen-bond acceptors (Lipinski definition) is 6. The second-order valence-electron chi connectivity index (χ2n) is 8.32. The summed E-state index contributed by atoms with van der Waals surface area (Å²) in [5.74, 6) is -0.143. The molecule has 8 nitrogen and oxygen atoms in total. The van der Waals surface area contributed by atoms with Crippen molar-refractivity contribution in [2.24, 2.45) is 0 Å². The quantitative estimate of drug-likeness (QED) is 0.617. The monoisotopic (exact) mass is 491 g/mol. The molecule has 0 spiro atoms. The average Bonchev–Trinajstić information content (AvgIpc) is 3.00. The number of hydrogen-bond donors (Lipinski definition) is 0. The molecule has 2 aromatic rings. The van der Waals surface area contributed by atoms with E-state index in [9.17, 15) is 18.0 Å². The number of rotatable bonds is 6. The third-order valence-corrected chi connectivity index (χ3v) is 8.14. The molecule has 0 aliphatic carbocycles. The van der Waals surface area contributed by atoms with Crippen LogP contribution in [0.15, 0.2) is 47.4 Å². The van der Waals surface area contributed by atoms with E-state index in [-0.39, 0.29) is 21.9 Å². The molecular weight excluding hydrogens is 466 g/mol. The summed E-state index contributed by atoms with van der Waals surface area (Å²) in [6, 6.07) is 11.1. The topological polar surface area (TPSA) is 87.2 Å². The lowest BCUT2D eigenvalue weighted by Gasteiger charge is -2.34. The van der Waals surface area contributed by atoms with Crippen LogP contribution in [0, 0.1) is 0 Å². The van der Waals surface area contributed by atoms with Crippen LogP contribution in [0.4, 0.5) is 0 Å². The van der Waals surface area contributed by atoms with Gasteiger partial charge >= 0.3 is 0 Å². The highest BCUT2D eigenvalue weighted by Gasteiger charge is 2.43. The summed E-state index contributed by atoms with van der Waals surface area (Å²) in [6.45, 7) is 6.88. The van der Waals surface area contributed by atoms with Crippen molar-refractivity contribution in [3.63, 3.8) is 0 Å². The number of para-hydroxylation sites is 1. The van der Waals surface area contributed by atoms with Crippen molar-refractivity contribution in [2.75, 3.05) is 39.3 Å². The summed E-state index contributed by atoms with van der Waals surface area (Å²) in [7, 11) is -3.95. The highest BCUT2D eigenvalue weighted by molar-refractivity contribution is 7.90. The maximum absolute atomic E-state index is 13.0. The zero-order chi connectivity index (χ0) is 23.8. The number of ether oxygens (including phenoxy) is 1. The number of fused-ring (bicyclic) bond motifs is 1. The maximum atomic E-state index is 13.0. The smallest absolute Gasteiger partial charge is 0.269 e. The van der Waals surface area contributed by atoms with Crippen molar-refractivity contribution in [3.05, 3.63) is 58.6 Å². The summed E-state index contributed by atoms with van der Waals surface area (Å²) in [5, 5.41) is 0.572. The van der Waals surface area contributed by atoms with E-state index < -0.39 is 22.0 Å². The first kappa shape index (κ1) is 23.5. The van der Waals surface area contributed by atoms with Crippen LogP contribution in [-0.4, -0.2) is 79.7 Å². The van der Waals surface area contributed by atoms with E-state index in [1.165, 1.54) is 18.2 Å². The van der Waals surface area contributed by atoms with Gasteiger partial charge in [-0.15, -0.1) is 0 Å². The highest BCUT2D eigenvalue weighted by Crippen LogP contribution is 2.33. The number of piperazine rings is 1. The molecule has 0 unspecified atom stereocenters. The number of sulfonamides is 1. The van der Waals surface area contributed by atoms with Crippen molar-refractivity contribution < 1.29 is 22.7 Å². The molecule has 0 N–H and O–H groups in total. The standard InChI is InChI=1S/C23H26ClN3O5S/c1-16(2)27-23(29)18-8-7-17(15-21(18)33(27,30)31)22(28)26-11-9-25(10-12-26)13-14-32-20-6-4-3-5-19(20)24/h3-8,15-16H,9-14H2,1-2H3. The molecule has 0 aromatic heterocycles. The Hall–Kier alpha value is -2.62. The summed E-state index contributed by atoms with van der Waals surface area (Å²) in [5.41, 5.74) is 0.384. The van der Waals surface area contributed by atoms with E-state index in [1.54, 1.807) is 24.8 Å². The van der Waals surface area contributed by atoms with Gasteiger partial charge < -0.3 is 9.64 Å². The second kappa shape index (κ2) is 9.32. The number of amides is 2. The van der Waals surface area contributed by atoms with Gasteiger partial charge in [-0.05, 0) is 44.2 Å². The molecule has 2 aliphatic rings. The summed E-state index contributed by atoms with van der Waals surface area (Å²) < 4.78 is 32.2. The Morgan fingerprint density at radius 2 is 1.79 bits per heavy atom. The molecular formula is C23H26ClN3O5S. The molecule has 0 atom stereocenters. The molecule has 2 aromatic carbocycles. The summed E-state index contributed by atoms with van der Waals surface area (Å²) in [6.07, 6.45) is 0. The Morgan fingerprint density at radius 1 is 1.09 bits per heavy atom. The maximum Gasteiger partial charge on any atom is 0.269 e. The molecule has 0 saturated carbocycles. The molecule has 0 bridgehead atoms. The predicted octanol–water partition coefficient (Wildman–Crippen LogP) is 2.73. The molecule has 1 saturated heterocycles. The van der Waals surface area contributed by atoms with E-state index in [4.69, 9.17) is 16.3 Å². The Balaban J connectivity index is 1.36. The summed E-state index contributed by atoms with van der Waals surface area (Å²) >= 11 is 6.10. The van der Waals surface area contributed by atoms with E-state index in [0.29, 0.717) is 50.1 Å². The van der Waals surface area contributed by atoms with Gasteiger partial charge in [-0.25, -0.2) is 12.7 Å². The molecule has 176 valence electrons. The lowest BCUT2D eigenvalue weighted by atomic mass is 10.1. The van der Waals surface area contributed by atoms with Gasteiger partial charge in [0.15, 0.2) is 0 Å². The van der Waals surface area contributed by atoms with Crippen molar-refractivity contribution in [1.82, 2.24) is 14.1 Å². The molecule has 4 rings (SSSR count). The zero-order valence-corrected chi connectivity index (χ0v) is 20.1. The molecule has 10 heteroatoms. The third-order valence-electron chi connectivity index (χ3n) is 5.83. The van der Waals surface area contributed by atoms with E-state index in [2.05, 4.69) is 4.90 Å². The Bertz CT molecular complexity index is 1180. The van der Waals surface area contributed by atoms with Gasteiger partial charge in [0.2, 0.25) is 0 Å². The van der Waals surface area contributed by atoms with Crippen LogP contribution in [0.1, 0.15) is 34.6 Å². The van der Waals surface area contributed by atoms with E-state index >= 15 is 0 Å². The fourth-order valence-corrected chi connectivity index (χ4v) is 6.08. The fourth-order valence-electron chi connectivity index (χ4n) is 4.09. The minimum Gasteiger partial charge on any atom is -0.491 e.